The predicted octanol–water partition coefficient (Wildman–Crippen LogP) is 5.14. The predicted molar refractivity (Wildman–Crippen MR) is 107 cm³/mol. The summed E-state index contributed by atoms with van der Waals surface area (Å²) in [6, 6.07) is 3.73. The molecule has 1 aromatic rings. The molecule has 2 rings (SSSR count). The van der Waals surface area contributed by atoms with E-state index in [9.17, 15) is 4.79 Å². The van der Waals surface area contributed by atoms with E-state index in [1.54, 1.807) is 23.9 Å². The third kappa shape index (κ3) is 4.91. The van der Waals surface area contributed by atoms with E-state index in [1.165, 1.54) is 11.8 Å². The van der Waals surface area contributed by atoms with Crippen LogP contribution in [0.4, 0.5) is 0 Å². The summed E-state index contributed by atoms with van der Waals surface area (Å²) in [7, 11) is 0. The zero-order valence-electron chi connectivity index (χ0n) is 13.5. The molecule has 0 spiro atoms. The van der Waals surface area contributed by atoms with Crippen LogP contribution < -0.4 is 9.47 Å². The van der Waals surface area contributed by atoms with Crippen molar-refractivity contribution >= 4 is 55.0 Å². The van der Waals surface area contributed by atoms with Crippen molar-refractivity contribution in [3.05, 3.63) is 40.5 Å². The Labute approximate surface area is 158 Å². The molecule has 0 atom stereocenters. The molecule has 1 aliphatic rings. The molecule has 24 heavy (non-hydrogen) atoms. The SMILES string of the molecule is C=CCOc1c(Br)cc(/C=C2\N=C(SCC)SC2=O)cc1OCC. The Hall–Kier alpha value is -1.18. The molecule has 0 bridgehead atoms. The summed E-state index contributed by atoms with van der Waals surface area (Å²) in [4.78, 5) is 16.4. The molecule has 0 aromatic heterocycles. The van der Waals surface area contributed by atoms with Crippen LogP contribution in [0.2, 0.25) is 0 Å². The van der Waals surface area contributed by atoms with Gasteiger partial charge in [-0.3, -0.25) is 4.79 Å². The van der Waals surface area contributed by atoms with Crippen LogP contribution in [0, 0.1) is 0 Å². The number of aliphatic imine (C=N–C) groups is 1. The topological polar surface area (TPSA) is 47.9 Å². The molecule has 0 saturated heterocycles. The number of hydrogen-bond acceptors (Lipinski definition) is 6. The summed E-state index contributed by atoms with van der Waals surface area (Å²) in [6.45, 7) is 8.49. The van der Waals surface area contributed by atoms with Gasteiger partial charge in [-0.15, -0.1) is 0 Å². The van der Waals surface area contributed by atoms with Gasteiger partial charge in [0, 0.05) is 0 Å². The molecule has 0 fully saturated rings. The number of halogens is 1. The molecule has 7 heteroatoms. The van der Waals surface area contributed by atoms with Crippen LogP contribution in [-0.4, -0.2) is 28.5 Å². The number of benzene rings is 1. The van der Waals surface area contributed by atoms with Crippen LogP contribution in [-0.2, 0) is 4.79 Å². The first-order valence-corrected chi connectivity index (χ1v) is 10.0. The van der Waals surface area contributed by atoms with Crippen LogP contribution in [0.25, 0.3) is 6.08 Å². The molecular weight excluding hydrogens is 410 g/mol. The first kappa shape index (κ1) is 19.1. The molecule has 0 N–H and O–H groups in total. The molecule has 0 radical (unpaired) electrons. The van der Waals surface area contributed by atoms with Crippen molar-refractivity contribution in [2.24, 2.45) is 4.99 Å². The van der Waals surface area contributed by atoms with Gasteiger partial charge in [0.2, 0.25) is 5.12 Å². The zero-order chi connectivity index (χ0) is 17.5. The normalized spacial score (nSPS) is 15.5. The number of carbonyl (C=O) groups excluding carboxylic acids is 1. The van der Waals surface area contributed by atoms with Crippen LogP contribution >= 0.6 is 39.5 Å². The van der Waals surface area contributed by atoms with Gasteiger partial charge in [-0.2, -0.15) is 0 Å². The smallest absolute Gasteiger partial charge is 0.244 e. The van der Waals surface area contributed by atoms with Crippen molar-refractivity contribution in [3.63, 3.8) is 0 Å². The van der Waals surface area contributed by atoms with Crippen LogP contribution in [0.1, 0.15) is 19.4 Å². The highest BCUT2D eigenvalue weighted by atomic mass is 79.9. The Bertz CT molecular complexity index is 701. The molecular formula is C17H18BrNO3S2. The maximum absolute atomic E-state index is 12.1. The first-order chi connectivity index (χ1) is 11.6. The Kier molecular flexibility index (Phi) is 7.45. The van der Waals surface area contributed by atoms with Crippen LogP contribution in [0.15, 0.2) is 39.9 Å². The highest BCUT2D eigenvalue weighted by molar-refractivity contribution is 9.10. The van der Waals surface area contributed by atoms with E-state index in [2.05, 4.69) is 27.5 Å². The van der Waals surface area contributed by atoms with Gasteiger partial charge in [0.25, 0.3) is 0 Å². The van der Waals surface area contributed by atoms with Crippen molar-refractivity contribution in [3.8, 4) is 11.5 Å². The van der Waals surface area contributed by atoms with Crippen LogP contribution in [0.5, 0.6) is 11.5 Å². The lowest BCUT2D eigenvalue weighted by Crippen LogP contribution is -2.00. The molecule has 0 saturated carbocycles. The lowest BCUT2D eigenvalue weighted by atomic mass is 10.1. The average Bonchev–Trinajstić information content (AvgIpc) is 2.87. The highest BCUT2D eigenvalue weighted by Crippen LogP contribution is 2.38. The lowest BCUT2D eigenvalue weighted by molar-refractivity contribution is -0.107. The van der Waals surface area contributed by atoms with Crippen molar-refractivity contribution in [2.75, 3.05) is 19.0 Å². The van der Waals surface area contributed by atoms with Gasteiger partial charge in [0.1, 0.15) is 16.7 Å². The second-order valence-corrected chi connectivity index (χ2v) is 7.92. The number of thioether (sulfide) groups is 2. The second kappa shape index (κ2) is 9.34. The Morgan fingerprint density at radius 1 is 1.38 bits per heavy atom. The minimum absolute atomic E-state index is 0.0352. The molecule has 0 aliphatic carbocycles. The minimum atomic E-state index is -0.0352. The lowest BCUT2D eigenvalue weighted by Gasteiger charge is -2.13. The van der Waals surface area contributed by atoms with E-state index in [4.69, 9.17) is 9.47 Å². The molecule has 1 heterocycles. The summed E-state index contributed by atoms with van der Waals surface area (Å²) < 4.78 is 12.9. The number of nitrogens with zero attached hydrogens (tertiary/aromatic N) is 1. The molecule has 0 unspecified atom stereocenters. The molecule has 128 valence electrons. The fourth-order valence-corrected chi connectivity index (χ4v) is 4.26. The second-order valence-electron chi connectivity index (χ2n) is 4.59. The third-order valence-corrected chi connectivity index (χ3v) is 5.33. The average molecular weight is 428 g/mol. The summed E-state index contributed by atoms with van der Waals surface area (Å²) in [5.41, 5.74) is 1.27. The van der Waals surface area contributed by atoms with E-state index >= 15 is 0 Å². The molecule has 4 nitrogen and oxygen atoms in total. The third-order valence-electron chi connectivity index (χ3n) is 2.85. The zero-order valence-corrected chi connectivity index (χ0v) is 16.7. The van der Waals surface area contributed by atoms with E-state index in [1.807, 2.05) is 26.0 Å². The number of ether oxygens (including phenoxy) is 2. The van der Waals surface area contributed by atoms with Gasteiger partial charge < -0.3 is 9.47 Å². The van der Waals surface area contributed by atoms with E-state index in [0.29, 0.717) is 30.4 Å². The fourth-order valence-electron chi connectivity index (χ4n) is 1.95. The number of rotatable bonds is 7. The maximum Gasteiger partial charge on any atom is 0.244 e. The van der Waals surface area contributed by atoms with E-state index < -0.39 is 0 Å². The monoisotopic (exact) mass is 427 g/mol. The fraction of sp³-hybridized carbons (Fsp3) is 0.294. The van der Waals surface area contributed by atoms with Crippen LogP contribution in [0.3, 0.4) is 0 Å². The summed E-state index contributed by atoms with van der Waals surface area (Å²) in [6.07, 6.45) is 3.44. The Morgan fingerprint density at radius 2 is 2.17 bits per heavy atom. The Balaban J connectivity index is 2.35. The van der Waals surface area contributed by atoms with Crippen molar-refractivity contribution in [1.29, 1.82) is 0 Å². The van der Waals surface area contributed by atoms with Crippen molar-refractivity contribution in [1.82, 2.24) is 0 Å². The Morgan fingerprint density at radius 3 is 2.83 bits per heavy atom. The minimum Gasteiger partial charge on any atom is -0.490 e. The summed E-state index contributed by atoms with van der Waals surface area (Å²) in [5, 5.41) is -0.0352. The highest BCUT2D eigenvalue weighted by Gasteiger charge is 2.22. The van der Waals surface area contributed by atoms with E-state index in [0.717, 1.165) is 20.2 Å². The van der Waals surface area contributed by atoms with Gasteiger partial charge in [0.15, 0.2) is 11.5 Å². The first-order valence-electron chi connectivity index (χ1n) is 7.44. The van der Waals surface area contributed by atoms with Crippen molar-refractivity contribution < 1.29 is 14.3 Å². The number of carbonyl (C=O) groups is 1. The van der Waals surface area contributed by atoms with Gasteiger partial charge in [-0.05, 0) is 64.1 Å². The molecule has 0 amide bonds. The summed E-state index contributed by atoms with van der Waals surface area (Å²) >= 11 is 6.25. The maximum atomic E-state index is 12.1. The van der Waals surface area contributed by atoms with Gasteiger partial charge in [-0.25, -0.2) is 4.99 Å². The largest absolute Gasteiger partial charge is 0.490 e. The molecule has 1 aromatic carbocycles. The molecule has 1 aliphatic heterocycles. The standard InChI is InChI=1S/C17H18BrNO3S2/c1-4-7-22-15-12(18)8-11(10-14(15)21-5-2)9-13-16(20)24-17(19-13)23-6-3/h4,8-10H,1,5-7H2,2-3H3/b13-9-. The van der Waals surface area contributed by atoms with E-state index in [-0.39, 0.29) is 5.12 Å². The summed E-state index contributed by atoms with van der Waals surface area (Å²) in [5.74, 6) is 2.13. The van der Waals surface area contributed by atoms with Gasteiger partial charge in [0.05, 0.1) is 11.1 Å². The van der Waals surface area contributed by atoms with Gasteiger partial charge in [-0.1, -0.05) is 31.3 Å². The van der Waals surface area contributed by atoms with Gasteiger partial charge >= 0.3 is 0 Å². The van der Waals surface area contributed by atoms with Crippen molar-refractivity contribution in [2.45, 2.75) is 13.8 Å². The number of hydrogen-bond donors (Lipinski definition) is 0. The quantitative estimate of drug-likeness (QED) is 0.445.